The molecule has 0 saturated carbocycles. The summed E-state index contributed by atoms with van der Waals surface area (Å²) >= 11 is 1.89. The molecule has 0 atom stereocenters. The van der Waals surface area contributed by atoms with Crippen molar-refractivity contribution in [3.8, 4) is 46.0 Å². The molecule has 2 aliphatic carbocycles. The number of hydrogen-bond acceptors (Lipinski definition) is 7. The lowest BCUT2D eigenvalue weighted by Crippen LogP contribution is -2.63. The van der Waals surface area contributed by atoms with Gasteiger partial charge in [0.25, 0.3) is 13.4 Å². The highest BCUT2D eigenvalue weighted by molar-refractivity contribution is 7.20. The lowest BCUT2D eigenvalue weighted by atomic mass is 9.31. The highest BCUT2D eigenvalue weighted by Gasteiger charge is 2.49. The van der Waals surface area contributed by atoms with Crippen LogP contribution in [0.4, 0.5) is 33.4 Å². The van der Waals surface area contributed by atoms with Gasteiger partial charge in [-0.3, -0.25) is 0 Å². The maximum atomic E-state index is 7.40. The fourth-order valence-corrected chi connectivity index (χ4v) is 15.7. The predicted molar refractivity (Wildman–Crippen MR) is 338 cm³/mol. The highest BCUT2D eigenvalue weighted by Crippen LogP contribution is 2.52. The van der Waals surface area contributed by atoms with E-state index in [0.29, 0.717) is 0 Å². The van der Waals surface area contributed by atoms with Crippen LogP contribution < -0.4 is 61.5 Å². The van der Waals surface area contributed by atoms with Crippen LogP contribution in [0.5, 0.6) is 46.0 Å². The number of rotatable bonds is 6. The third-order valence-electron chi connectivity index (χ3n) is 19.1. The Morgan fingerprint density at radius 2 is 0.864 bits per heavy atom. The second-order valence-corrected chi connectivity index (χ2v) is 28.4. The van der Waals surface area contributed by atoms with E-state index in [1.807, 2.05) is 11.3 Å². The largest absolute Gasteiger partial charge is 0.458 e. The predicted octanol–water partition coefficient (Wildman–Crippen LogP) is 16.1. The average molecular weight is 1080 g/mol. The van der Waals surface area contributed by atoms with E-state index in [1.165, 1.54) is 43.1 Å². The van der Waals surface area contributed by atoms with Crippen LogP contribution in [0.1, 0.15) is 129 Å². The van der Waals surface area contributed by atoms with Crippen molar-refractivity contribution in [2.75, 3.05) is 9.80 Å². The third-order valence-corrected chi connectivity index (χ3v) is 20.6. The SMILES string of the molecule is CC(C)(C)c1cc2c(s1)N(c1ccccc1)c1cc(Oc3ccc4c(c3)C(C)(C)CCC4(C)C)cc3c1B2c1cc2c(cc1O3)Oc1cc(Oc3ccc4c(c3)C(C)(C)CCC4(C)C)cc3c1B2c1ccccc1N3c1ccccc1. The fraction of sp³-hybridized carbons (Fsp3) is 0.278. The van der Waals surface area contributed by atoms with E-state index in [-0.39, 0.29) is 40.5 Å². The Morgan fingerprint density at radius 3 is 1.38 bits per heavy atom. The van der Waals surface area contributed by atoms with Gasteiger partial charge in [-0.1, -0.05) is 155 Å². The van der Waals surface area contributed by atoms with Gasteiger partial charge < -0.3 is 28.7 Å². The van der Waals surface area contributed by atoms with E-state index in [0.717, 1.165) is 122 Å². The van der Waals surface area contributed by atoms with Gasteiger partial charge in [0.05, 0.1) is 5.00 Å². The molecule has 4 aliphatic heterocycles. The molecule has 5 heterocycles. The molecule has 0 unspecified atom stereocenters. The molecule has 1 aromatic heterocycles. The number of hydrogen-bond donors (Lipinski definition) is 0. The van der Waals surface area contributed by atoms with Crippen LogP contribution in [0.15, 0.2) is 164 Å². The van der Waals surface area contributed by atoms with Gasteiger partial charge in [-0.25, -0.2) is 0 Å². The van der Waals surface area contributed by atoms with Gasteiger partial charge in [0.15, 0.2) is 0 Å². The first-order valence-electron chi connectivity index (χ1n) is 29.2. The maximum absolute atomic E-state index is 7.40. The Morgan fingerprint density at radius 1 is 0.407 bits per heavy atom. The molecule has 8 aromatic carbocycles. The first-order chi connectivity index (χ1) is 38.7. The van der Waals surface area contributed by atoms with Crippen molar-refractivity contribution in [3.63, 3.8) is 0 Å². The molecule has 0 fully saturated rings. The molecular formula is C72H68B2N2O4S. The first-order valence-corrected chi connectivity index (χ1v) is 30.0. The smallest absolute Gasteiger partial charge is 0.257 e. The van der Waals surface area contributed by atoms with E-state index < -0.39 is 0 Å². The van der Waals surface area contributed by atoms with Gasteiger partial charge in [-0.2, -0.15) is 0 Å². The van der Waals surface area contributed by atoms with Crippen LogP contribution in [0.2, 0.25) is 0 Å². The van der Waals surface area contributed by atoms with Crippen molar-refractivity contribution < 1.29 is 18.9 Å². The number of nitrogens with zero attached hydrogens (tertiary/aromatic N) is 2. The van der Waals surface area contributed by atoms with Crippen molar-refractivity contribution in [3.05, 3.63) is 191 Å². The summed E-state index contributed by atoms with van der Waals surface area (Å²) in [6, 6.07) is 59.7. The monoisotopic (exact) mass is 1080 g/mol. The zero-order valence-electron chi connectivity index (χ0n) is 48.5. The Hall–Kier alpha value is -7.61. The molecule has 6 nitrogen and oxygen atoms in total. The van der Waals surface area contributed by atoms with Gasteiger partial charge in [0, 0.05) is 63.6 Å². The molecule has 9 heteroatoms. The Kier molecular flexibility index (Phi) is 10.9. The second-order valence-electron chi connectivity index (χ2n) is 27.4. The van der Waals surface area contributed by atoms with Gasteiger partial charge in [0.1, 0.15) is 46.0 Å². The van der Waals surface area contributed by atoms with Crippen LogP contribution in [-0.4, -0.2) is 13.4 Å². The molecule has 0 N–H and O–H groups in total. The molecule has 402 valence electrons. The molecule has 0 amide bonds. The van der Waals surface area contributed by atoms with Crippen molar-refractivity contribution in [2.45, 2.75) is 129 Å². The number of ether oxygens (including phenoxy) is 4. The molecule has 9 aromatic rings. The molecular weight excluding hydrogens is 1010 g/mol. The topological polar surface area (TPSA) is 43.4 Å². The van der Waals surface area contributed by atoms with Crippen molar-refractivity contribution in [2.24, 2.45) is 0 Å². The zero-order chi connectivity index (χ0) is 55.7. The van der Waals surface area contributed by atoms with Crippen LogP contribution in [0.3, 0.4) is 0 Å². The van der Waals surface area contributed by atoms with E-state index in [1.54, 1.807) is 0 Å². The van der Waals surface area contributed by atoms with Crippen LogP contribution in [0, 0.1) is 0 Å². The Balaban J connectivity index is 0.912. The Bertz CT molecular complexity index is 4100. The van der Waals surface area contributed by atoms with E-state index >= 15 is 0 Å². The van der Waals surface area contributed by atoms with Crippen molar-refractivity contribution >= 4 is 91.0 Å². The Labute approximate surface area is 482 Å². The molecule has 0 saturated heterocycles. The summed E-state index contributed by atoms with van der Waals surface area (Å²) in [5.74, 6) is 6.20. The highest BCUT2D eigenvalue weighted by atomic mass is 32.1. The molecule has 0 radical (unpaired) electrons. The fourth-order valence-electron chi connectivity index (χ4n) is 14.4. The summed E-state index contributed by atoms with van der Waals surface area (Å²) in [6.07, 6.45) is 4.56. The minimum atomic E-state index is -0.152. The van der Waals surface area contributed by atoms with E-state index in [9.17, 15) is 0 Å². The van der Waals surface area contributed by atoms with Crippen LogP contribution in [-0.2, 0) is 27.1 Å². The third kappa shape index (κ3) is 7.88. The number of fused-ring (bicyclic) bond motifs is 10. The van der Waals surface area contributed by atoms with Crippen LogP contribution in [0.25, 0.3) is 0 Å². The molecule has 81 heavy (non-hydrogen) atoms. The van der Waals surface area contributed by atoms with Crippen molar-refractivity contribution in [1.82, 2.24) is 0 Å². The second kappa shape index (κ2) is 17.5. The number of benzene rings is 8. The minimum absolute atomic E-state index is 0.0337. The maximum Gasteiger partial charge on any atom is 0.257 e. The van der Waals surface area contributed by atoms with Gasteiger partial charge in [0.2, 0.25) is 0 Å². The average Bonchev–Trinajstić information content (AvgIpc) is 2.97. The van der Waals surface area contributed by atoms with E-state index in [4.69, 9.17) is 18.9 Å². The van der Waals surface area contributed by atoms with Crippen molar-refractivity contribution in [1.29, 1.82) is 0 Å². The summed E-state index contributed by atoms with van der Waals surface area (Å²) < 4.78 is 28.9. The van der Waals surface area contributed by atoms with Crippen LogP contribution >= 0.6 is 11.3 Å². The molecule has 15 rings (SSSR count). The summed E-state index contributed by atoms with van der Waals surface area (Å²) in [5, 5.41) is 1.21. The number of anilines is 6. The first kappa shape index (κ1) is 50.4. The normalized spacial score (nSPS) is 17.6. The van der Waals surface area contributed by atoms with E-state index in [2.05, 4.69) is 250 Å². The quantitative estimate of drug-likeness (QED) is 0.155. The summed E-state index contributed by atoms with van der Waals surface area (Å²) in [4.78, 5) is 6.18. The van der Waals surface area contributed by atoms with Gasteiger partial charge >= 0.3 is 0 Å². The summed E-state index contributed by atoms with van der Waals surface area (Å²) in [6.45, 7) is 25.7. The number of para-hydroxylation sites is 3. The zero-order valence-corrected chi connectivity index (χ0v) is 49.3. The minimum Gasteiger partial charge on any atom is -0.458 e. The molecule has 6 aliphatic rings. The molecule has 0 spiro atoms. The van der Waals surface area contributed by atoms with Gasteiger partial charge in [-0.15, -0.1) is 11.3 Å². The lowest BCUT2D eigenvalue weighted by Gasteiger charge is -2.42. The van der Waals surface area contributed by atoms with Gasteiger partial charge in [-0.05, 0) is 162 Å². The standard InChI is InChI=1S/C72H68B2N2O4S/c1-68(2,3)64-41-56-67(81-64)76(44-22-16-13-17-23-44)59-37-48(78-46-27-29-50-52(35-46)72(10,11)33-31-70(50,6)7)39-63-66(59)74(56)55-40-54-60(42-61(55)80-63)79-62-38-47(77-45-26-28-49-51(34-45)71(8,9)32-30-69(49,4)5)36-58-65(62)73(54)53-24-18-19-25-57(53)75(58)43-20-14-12-15-21-43/h12-29,34-42H,30-33H2,1-11H3. The lowest BCUT2D eigenvalue weighted by molar-refractivity contribution is 0.330. The summed E-state index contributed by atoms with van der Waals surface area (Å²) in [7, 11) is 0. The summed E-state index contributed by atoms with van der Waals surface area (Å²) in [5.41, 5.74) is 18.1. The molecule has 0 bridgehead atoms. The number of thiophene rings is 1.